The molecule has 0 aliphatic carbocycles. The van der Waals surface area contributed by atoms with E-state index in [1.165, 1.54) is 18.2 Å². The second kappa shape index (κ2) is 5.80. The van der Waals surface area contributed by atoms with E-state index in [0.717, 1.165) is 13.2 Å². The molecule has 1 rings (SSSR count). The maximum absolute atomic E-state index is 11.4. The van der Waals surface area contributed by atoms with E-state index in [-0.39, 0.29) is 22.9 Å². The van der Waals surface area contributed by atoms with Gasteiger partial charge in [-0.25, -0.2) is 13.2 Å². The Balaban J connectivity index is 0.00000225. The van der Waals surface area contributed by atoms with Crippen LogP contribution in [0.2, 0.25) is 0 Å². The lowest BCUT2D eigenvalue weighted by Crippen LogP contribution is -2.22. The molecular weight excluding hydrogens is 258 g/mol. The summed E-state index contributed by atoms with van der Waals surface area (Å²) in [5.41, 5.74) is -0.103. The second-order valence-electron chi connectivity index (χ2n) is 2.62. The van der Waals surface area contributed by atoms with Gasteiger partial charge in [0, 0.05) is 0 Å². The van der Waals surface area contributed by atoms with Gasteiger partial charge < -0.3 is 5.11 Å². The van der Waals surface area contributed by atoms with E-state index in [0.29, 0.717) is 0 Å². The summed E-state index contributed by atoms with van der Waals surface area (Å²) in [6, 6.07) is 4.96. The maximum Gasteiger partial charge on any atom is 0.335 e. The van der Waals surface area contributed by atoms with Gasteiger partial charge in [0.2, 0.25) is 0 Å². The van der Waals surface area contributed by atoms with Crippen LogP contribution in [-0.4, -0.2) is 26.6 Å². The third-order valence-electron chi connectivity index (χ3n) is 1.58. The van der Waals surface area contributed by atoms with Crippen molar-refractivity contribution in [2.45, 2.75) is 4.90 Å². The number of aromatic carboxylic acids is 1. The highest BCUT2D eigenvalue weighted by Gasteiger charge is 2.15. The van der Waals surface area contributed by atoms with Crippen molar-refractivity contribution in [3.63, 3.8) is 0 Å². The zero-order valence-electron chi connectivity index (χ0n) is 8.21. The molecule has 0 aromatic heterocycles. The SMILES string of the molecule is CONS(=O)(=O)c1cccc(C(=O)O)c1.Cl. The first-order chi connectivity index (χ1) is 6.97. The van der Waals surface area contributed by atoms with Gasteiger partial charge in [0.1, 0.15) is 0 Å². The number of halogens is 1. The Morgan fingerprint density at radius 2 is 2.06 bits per heavy atom. The molecule has 1 aromatic carbocycles. The van der Waals surface area contributed by atoms with Gasteiger partial charge in [0.15, 0.2) is 0 Å². The van der Waals surface area contributed by atoms with E-state index in [9.17, 15) is 13.2 Å². The molecule has 1 aromatic rings. The van der Waals surface area contributed by atoms with E-state index in [2.05, 4.69) is 4.84 Å². The van der Waals surface area contributed by atoms with Crippen molar-refractivity contribution < 1.29 is 23.2 Å². The van der Waals surface area contributed by atoms with E-state index in [4.69, 9.17) is 5.11 Å². The Kier molecular flexibility index (Phi) is 5.39. The summed E-state index contributed by atoms with van der Waals surface area (Å²) in [5, 5.41) is 8.66. The van der Waals surface area contributed by atoms with Crippen LogP contribution in [0.15, 0.2) is 29.2 Å². The summed E-state index contributed by atoms with van der Waals surface area (Å²) in [5.74, 6) is -1.19. The summed E-state index contributed by atoms with van der Waals surface area (Å²) >= 11 is 0. The Morgan fingerprint density at radius 3 is 2.56 bits per heavy atom. The molecule has 0 radical (unpaired) electrons. The molecule has 0 unspecified atom stereocenters. The Hall–Kier alpha value is -1.15. The number of carbonyl (C=O) groups is 1. The highest BCUT2D eigenvalue weighted by atomic mass is 35.5. The molecule has 6 nitrogen and oxygen atoms in total. The summed E-state index contributed by atoms with van der Waals surface area (Å²) in [7, 11) is -2.65. The first-order valence-corrected chi connectivity index (χ1v) is 5.34. The largest absolute Gasteiger partial charge is 0.478 e. The fourth-order valence-corrected chi connectivity index (χ4v) is 1.81. The van der Waals surface area contributed by atoms with Crippen molar-refractivity contribution in [3.05, 3.63) is 29.8 Å². The van der Waals surface area contributed by atoms with Crippen LogP contribution in [0.4, 0.5) is 0 Å². The fourth-order valence-electron chi connectivity index (χ4n) is 0.954. The van der Waals surface area contributed by atoms with E-state index in [1.807, 2.05) is 0 Å². The smallest absolute Gasteiger partial charge is 0.335 e. The third kappa shape index (κ3) is 3.46. The predicted octanol–water partition coefficient (Wildman–Crippen LogP) is 0.646. The van der Waals surface area contributed by atoms with Crippen molar-refractivity contribution in [1.29, 1.82) is 0 Å². The summed E-state index contributed by atoms with van der Waals surface area (Å²) in [6.07, 6.45) is 0. The van der Waals surface area contributed by atoms with Crippen LogP contribution < -0.4 is 4.89 Å². The van der Waals surface area contributed by atoms with E-state index < -0.39 is 16.0 Å². The molecule has 0 spiro atoms. The third-order valence-corrected chi connectivity index (χ3v) is 2.84. The van der Waals surface area contributed by atoms with Crippen LogP contribution in [0.5, 0.6) is 0 Å². The van der Waals surface area contributed by atoms with Crippen LogP contribution in [0.1, 0.15) is 10.4 Å². The number of carboxylic acid groups (broad SMARTS) is 1. The Morgan fingerprint density at radius 1 is 1.44 bits per heavy atom. The summed E-state index contributed by atoms with van der Waals surface area (Å²) in [6.45, 7) is 0. The molecule has 0 amide bonds. The minimum absolute atomic E-state index is 0. The molecule has 8 heteroatoms. The van der Waals surface area contributed by atoms with Crippen LogP contribution in [0.3, 0.4) is 0 Å². The topological polar surface area (TPSA) is 92.7 Å². The molecular formula is C8H10ClNO5S. The molecule has 0 heterocycles. The van der Waals surface area contributed by atoms with Gasteiger partial charge in [0.05, 0.1) is 17.6 Å². The lowest BCUT2D eigenvalue weighted by molar-refractivity contribution is 0.0696. The number of sulfonamides is 1. The molecule has 0 aliphatic rings. The Labute approximate surface area is 98.6 Å². The minimum Gasteiger partial charge on any atom is -0.478 e. The first-order valence-electron chi connectivity index (χ1n) is 3.85. The average molecular weight is 268 g/mol. The lowest BCUT2D eigenvalue weighted by Gasteiger charge is -2.04. The zero-order chi connectivity index (χ0) is 11.5. The van der Waals surface area contributed by atoms with Gasteiger partial charge in [-0.2, -0.15) is 0 Å². The molecule has 0 saturated heterocycles. The van der Waals surface area contributed by atoms with Crippen molar-refractivity contribution in [2.75, 3.05) is 7.11 Å². The average Bonchev–Trinajstić information content (AvgIpc) is 2.18. The molecule has 0 atom stereocenters. The number of nitrogens with one attached hydrogen (secondary N) is 1. The van der Waals surface area contributed by atoms with Gasteiger partial charge in [0.25, 0.3) is 10.0 Å². The Bertz CT molecular complexity index is 473. The number of benzene rings is 1. The molecule has 2 N–H and O–H groups in total. The standard InChI is InChI=1S/C8H9NO5S.ClH/c1-14-9-15(12,13)7-4-2-3-6(5-7)8(10)11;/h2-5,9H,1H3,(H,10,11);1H. The van der Waals surface area contributed by atoms with Gasteiger partial charge >= 0.3 is 5.97 Å². The summed E-state index contributed by atoms with van der Waals surface area (Å²) in [4.78, 5) is 16.5. The molecule has 16 heavy (non-hydrogen) atoms. The van der Waals surface area contributed by atoms with Gasteiger partial charge in [-0.15, -0.1) is 12.4 Å². The quantitative estimate of drug-likeness (QED) is 0.781. The summed E-state index contributed by atoms with van der Waals surface area (Å²) < 4.78 is 22.8. The van der Waals surface area contributed by atoms with Crippen molar-refractivity contribution in [3.8, 4) is 0 Å². The van der Waals surface area contributed by atoms with E-state index >= 15 is 0 Å². The highest BCUT2D eigenvalue weighted by molar-refractivity contribution is 7.89. The zero-order valence-corrected chi connectivity index (χ0v) is 9.84. The number of hydrogen-bond donors (Lipinski definition) is 2. The fraction of sp³-hybridized carbons (Fsp3) is 0.125. The second-order valence-corrected chi connectivity index (χ2v) is 4.27. The van der Waals surface area contributed by atoms with Gasteiger partial charge in [-0.1, -0.05) is 11.0 Å². The van der Waals surface area contributed by atoms with Gasteiger partial charge in [-0.05, 0) is 18.2 Å². The van der Waals surface area contributed by atoms with E-state index in [1.54, 1.807) is 4.89 Å². The van der Waals surface area contributed by atoms with Crippen molar-refractivity contribution >= 4 is 28.4 Å². The lowest BCUT2D eigenvalue weighted by atomic mass is 10.2. The maximum atomic E-state index is 11.4. The molecule has 90 valence electrons. The number of carboxylic acids is 1. The molecule has 0 bridgehead atoms. The van der Waals surface area contributed by atoms with Crippen molar-refractivity contribution in [2.24, 2.45) is 0 Å². The normalized spacial score (nSPS) is 10.6. The predicted molar refractivity (Wildman–Crippen MR) is 58.0 cm³/mol. The monoisotopic (exact) mass is 267 g/mol. The van der Waals surface area contributed by atoms with Gasteiger partial charge in [-0.3, -0.25) is 4.84 Å². The van der Waals surface area contributed by atoms with Crippen LogP contribution in [0.25, 0.3) is 0 Å². The highest BCUT2D eigenvalue weighted by Crippen LogP contribution is 2.11. The molecule has 0 aliphatic heterocycles. The molecule has 0 fully saturated rings. The number of hydrogen-bond acceptors (Lipinski definition) is 4. The number of rotatable bonds is 4. The van der Waals surface area contributed by atoms with Crippen LogP contribution in [0, 0.1) is 0 Å². The minimum atomic E-state index is -3.80. The first kappa shape index (κ1) is 14.8. The van der Waals surface area contributed by atoms with Crippen LogP contribution in [-0.2, 0) is 14.9 Å². The van der Waals surface area contributed by atoms with Crippen molar-refractivity contribution in [1.82, 2.24) is 4.89 Å². The van der Waals surface area contributed by atoms with Crippen LogP contribution >= 0.6 is 12.4 Å². The molecule has 0 saturated carbocycles.